The van der Waals surface area contributed by atoms with E-state index in [-0.39, 0.29) is 0 Å². The van der Waals surface area contributed by atoms with Gasteiger partial charge in [-0.2, -0.15) is 0 Å². The largest absolute Gasteiger partial charge is 0.277 e. The van der Waals surface area contributed by atoms with Gasteiger partial charge in [0.15, 0.2) is 5.65 Å². The average Bonchev–Trinajstić information content (AvgIpc) is 2.93. The molecule has 2 heterocycles. The van der Waals surface area contributed by atoms with Gasteiger partial charge in [0, 0.05) is 6.20 Å². The highest BCUT2D eigenvalue weighted by atomic mass is 79.9. The Labute approximate surface area is 83.9 Å². The van der Waals surface area contributed by atoms with E-state index < -0.39 is 0 Å². The Morgan fingerprint density at radius 3 is 2.92 bits per heavy atom. The number of hydrogen-bond donors (Lipinski definition) is 0. The molecule has 0 radical (unpaired) electrons. The van der Waals surface area contributed by atoms with Crippen molar-refractivity contribution in [2.75, 3.05) is 0 Å². The number of aromatic nitrogens is 3. The monoisotopic (exact) mass is 237 g/mol. The standard InChI is InChI=1S/C9H8BrN3/c10-9-12-11-8-4-3-7(5-13(8)9)6-1-2-6/h3-6H,1-2H2. The summed E-state index contributed by atoms with van der Waals surface area (Å²) in [4.78, 5) is 0. The molecule has 0 bridgehead atoms. The molecule has 0 unspecified atom stereocenters. The summed E-state index contributed by atoms with van der Waals surface area (Å²) in [6.45, 7) is 0. The number of rotatable bonds is 1. The van der Waals surface area contributed by atoms with Crippen LogP contribution in [0.2, 0.25) is 0 Å². The second-order valence-corrected chi connectivity index (χ2v) is 4.14. The maximum atomic E-state index is 4.01. The van der Waals surface area contributed by atoms with Crippen molar-refractivity contribution in [2.45, 2.75) is 18.8 Å². The second-order valence-electron chi connectivity index (χ2n) is 3.43. The first-order valence-corrected chi connectivity index (χ1v) is 5.14. The lowest BCUT2D eigenvalue weighted by Gasteiger charge is -1.98. The van der Waals surface area contributed by atoms with Gasteiger partial charge < -0.3 is 0 Å². The van der Waals surface area contributed by atoms with Gasteiger partial charge in [0.1, 0.15) is 0 Å². The Morgan fingerprint density at radius 1 is 1.31 bits per heavy atom. The molecule has 0 N–H and O–H groups in total. The minimum atomic E-state index is 0.777. The van der Waals surface area contributed by atoms with E-state index in [9.17, 15) is 0 Å². The molecule has 2 aromatic heterocycles. The first kappa shape index (κ1) is 7.50. The van der Waals surface area contributed by atoms with Gasteiger partial charge in [0.05, 0.1) is 0 Å². The van der Waals surface area contributed by atoms with E-state index in [1.165, 1.54) is 18.4 Å². The van der Waals surface area contributed by atoms with Crippen molar-refractivity contribution >= 4 is 21.6 Å². The highest BCUT2D eigenvalue weighted by Gasteiger charge is 2.23. The average molecular weight is 238 g/mol. The molecule has 66 valence electrons. The van der Waals surface area contributed by atoms with Gasteiger partial charge in [0.2, 0.25) is 4.73 Å². The van der Waals surface area contributed by atoms with Crippen LogP contribution < -0.4 is 0 Å². The number of halogens is 1. The molecule has 1 fully saturated rings. The summed E-state index contributed by atoms with van der Waals surface area (Å²) in [6, 6.07) is 4.17. The van der Waals surface area contributed by atoms with Crippen molar-refractivity contribution in [1.82, 2.24) is 14.6 Å². The zero-order valence-corrected chi connectivity index (χ0v) is 8.53. The molecule has 0 aromatic carbocycles. The number of pyridine rings is 1. The molecule has 3 nitrogen and oxygen atoms in total. The van der Waals surface area contributed by atoms with Gasteiger partial charge in [-0.1, -0.05) is 6.07 Å². The maximum Gasteiger partial charge on any atom is 0.204 e. The van der Waals surface area contributed by atoms with Crippen LogP contribution in [0.1, 0.15) is 24.3 Å². The van der Waals surface area contributed by atoms with Crippen LogP contribution in [0.4, 0.5) is 0 Å². The predicted octanol–water partition coefficient (Wildman–Crippen LogP) is 2.37. The first-order chi connectivity index (χ1) is 6.34. The fourth-order valence-electron chi connectivity index (χ4n) is 1.54. The zero-order chi connectivity index (χ0) is 8.84. The quantitative estimate of drug-likeness (QED) is 0.763. The minimum Gasteiger partial charge on any atom is -0.277 e. The van der Waals surface area contributed by atoms with Gasteiger partial charge in [-0.3, -0.25) is 4.40 Å². The second kappa shape index (κ2) is 2.54. The van der Waals surface area contributed by atoms with E-state index in [4.69, 9.17) is 0 Å². The molecule has 3 rings (SSSR count). The van der Waals surface area contributed by atoms with Crippen molar-refractivity contribution in [3.05, 3.63) is 28.6 Å². The summed E-state index contributed by atoms with van der Waals surface area (Å²) in [5.74, 6) is 0.777. The highest BCUT2D eigenvalue weighted by Crippen LogP contribution is 2.39. The van der Waals surface area contributed by atoms with Crippen molar-refractivity contribution < 1.29 is 0 Å². The number of fused-ring (bicyclic) bond motifs is 1. The van der Waals surface area contributed by atoms with Crippen molar-refractivity contribution in [1.29, 1.82) is 0 Å². The van der Waals surface area contributed by atoms with Crippen molar-refractivity contribution in [3.63, 3.8) is 0 Å². The van der Waals surface area contributed by atoms with E-state index >= 15 is 0 Å². The summed E-state index contributed by atoms with van der Waals surface area (Å²) in [5.41, 5.74) is 2.30. The third-order valence-electron chi connectivity index (χ3n) is 2.43. The third-order valence-corrected chi connectivity index (χ3v) is 2.97. The Morgan fingerprint density at radius 2 is 2.15 bits per heavy atom. The molecule has 2 aromatic rings. The van der Waals surface area contributed by atoms with E-state index in [1.807, 2.05) is 10.5 Å². The molecular weight excluding hydrogens is 230 g/mol. The Bertz CT molecular complexity index is 459. The van der Waals surface area contributed by atoms with Crippen molar-refractivity contribution in [2.24, 2.45) is 0 Å². The van der Waals surface area contributed by atoms with Gasteiger partial charge in [-0.15, -0.1) is 10.2 Å². The van der Waals surface area contributed by atoms with Crippen LogP contribution in [0.3, 0.4) is 0 Å². The third kappa shape index (κ3) is 1.16. The minimum absolute atomic E-state index is 0.777. The predicted molar refractivity (Wildman–Crippen MR) is 52.7 cm³/mol. The molecule has 1 aliphatic rings. The SMILES string of the molecule is Brc1nnc2ccc(C3CC3)cn12. The molecule has 1 saturated carbocycles. The van der Waals surface area contributed by atoms with Crippen LogP contribution in [-0.4, -0.2) is 14.6 Å². The molecule has 4 heteroatoms. The Hall–Kier alpha value is -0.900. The fourth-order valence-corrected chi connectivity index (χ4v) is 1.90. The van der Waals surface area contributed by atoms with Gasteiger partial charge in [-0.05, 0) is 46.3 Å². The summed E-state index contributed by atoms with van der Waals surface area (Å²) >= 11 is 3.36. The topological polar surface area (TPSA) is 30.2 Å². The normalized spacial score (nSPS) is 16.7. The summed E-state index contributed by atoms with van der Waals surface area (Å²) < 4.78 is 2.76. The fraction of sp³-hybridized carbons (Fsp3) is 0.333. The molecule has 0 amide bonds. The molecule has 0 atom stereocenters. The molecule has 0 spiro atoms. The van der Waals surface area contributed by atoms with Crippen LogP contribution in [0.25, 0.3) is 5.65 Å². The molecule has 13 heavy (non-hydrogen) atoms. The molecule has 0 saturated heterocycles. The molecular formula is C9H8BrN3. The Balaban J connectivity index is 2.24. The van der Waals surface area contributed by atoms with Gasteiger partial charge in [0.25, 0.3) is 0 Å². The van der Waals surface area contributed by atoms with Gasteiger partial charge in [-0.25, -0.2) is 0 Å². The highest BCUT2D eigenvalue weighted by molar-refractivity contribution is 9.10. The van der Waals surface area contributed by atoms with E-state index in [1.54, 1.807) is 0 Å². The summed E-state index contributed by atoms with van der Waals surface area (Å²) in [7, 11) is 0. The van der Waals surface area contributed by atoms with Crippen LogP contribution in [0, 0.1) is 0 Å². The van der Waals surface area contributed by atoms with Gasteiger partial charge >= 0.3 is 0 Å². The lowest BCUT2D eigenvalue weighted by Crippen LogP contribution is -1.88. The van der Waals surface area contributed by atoms with E-state index in [0.29, 0.717) is 0 Å². The van der Waals surface area contributed by atoms with Crippen LogP contribution in [0.15, 0.2) is 23.1 Å². The summed E-state index contributed by atoms with van der Waals surface area (Å²) in [6.07, 6.45) is 4.77. The maximum absolute atomic E-state index is 4.01. The first-order valence-electron chi connectivity index (χ1n) is 4.35. The zero-order valence-electron chi connectivity index (χ0n) is 6.94. The number of nitrogens with zero attached hydrogens (tertiary/aromatic N) is 3. The molecule has 1 aliphatic carbocycles. The van der Waals surface area contributed by atoms with E-state index in [0.717, 1.165) is 16.3 Å². The van der Waals surface area contributed by atoms with Crippen molar-refractivity contribution in [3.8, 4) is 0 Å². The van der Waals surface area contributed by atoms with Crippen LogP contribution >= 0.6 is 15.9 Å². The van der Waals surface area contributed by atoms with Crippen LogP contribution in [-0.2, 0) is 0 Å². The number of hydrogen-bond acceptors (Lipinski definition) is 2. The smallest absolute Gasteiger partial charge is 0.204 e. The Kier molecular flexibility index (Phi) is 1.47. The van der Waals surface area contributed by atoms with Crippen LogP contribution in [0.5, 0.6) is 0 Å². The lowest BCUT2D eigenvalue weighted by molar-refractivity contribution is 1.02. The summed E-state index contributed by atoms with van der Waals surface area (Å²) in [5, 5.41) is 7.95. The van der Waals surface area contributed by atoms with E-state index in [2.05, 4.69) is 38.4 Å². The molecule has 0 aliphatic heterocycles. The lowest BCUT2D eigenvalue weighted by atomic mass is 10.2.